The first-order chi connectivity index (χ1) is 14.0. The standard InChI is InChI=1S/C18H18F5N3O3S/c19-13-3-1-2-12(16(13)20)9-26(6-4-11-5-7-30(28,29)10-11)17(27)14-8-15(25-24-14)18(21,22)23/h1-3,8,11H,4-7,9-10H2,(H,24,25). The van der Waals surface area contributed by atoms with Crippen molar-refractivity contribution in [3.05, 3.63) is 52.9 Å². The highest BCUT2D eigenvalue weighted by molar-refractivity contribution is 7.91. The molecule has 0 radical (unpaired) electrons. The Balaban J connectivity index is 1.81. The van der Waals surface area contributed by atoms with Gasteiger partial charge in [-0.3, -0.25) is 9.89 Å². The molecule has 0 aliphatic carbocycles. The molecule has 0 saturated carbocycles. The zero-order valence-corrected chi connectivity index (χ0v) is 16.4. The number of carbonyl (C=O) groups excluding carboxylic acids is 1. The predicted octanol–water partition coefficient (Wildman–Crippen LogP) is 3.17. The number of nitrogens with one attached hydrogen (secondary N) is 1. The van der Waals surface area contributed by atoms with Gasteiger partial charge in [-0.05, 0) is 24.8 Å². The Morgan fingerprint density at radius 1 is 1.27 bits per heavy atom. The fourth-order valence-electron chi connectivity index (χ4n) is 3.31. The minimum absolute atomic E-state index is 0.0274. The summed E-state index contributed by atoms with van der Waals surface area (Å²) in [6.45, 7) is -0.447. The quantitative estimate of drug-likeness (QED) is 0.684. The fourth-order valence-corrected chi connectivity index (χ4v) is 5.22. The normalized spacial score (nSPS) is 18.5. The van der Waals surface area contributed by atoms with E-state index in [4.69, 9.17) is 0 Å². The number of benzene rings is 1. The average Bonchev–Trinajstić information content (AvgIpc) is 3.28. The minimum atomic E-state index is -4.76. The molecule has 1 saturated heterocycles. The second-order valence-corrected chi connectivity index (χ2v) is 9.39. The molecule has 1 aromatic carbocycles. The van der Waals surface area contributed by atoms with Crippen LogP contribution in [0.5, 0.6) is 0 Å². The number of alkyl halides is 3. The van der Waals surface area contributed by atoms with Gasteiger partial charge in [0.05, 0.1) is 11.5 Å². The smallest absolute Gasteiger partial charge is 0.333 e. The number of carbonyl (C=O) groups is 1. The first-order valence-corrected chi connectivity index (χ1v) is 10.8. The van der Waals surface area contributed by atoms with Crippen molar-refractivity contribution < 1.29 is 35.2 Å². The van der Waals surface area contributed by atoms with Crippen LogP contribution in [0.2, 0.25) is 0 Å². The maximum Gasteiger partial charge on any atom is 0.435 e. The lowest BCUT2D eigenvalue weighted by atomic mass is 10.0. The lowest BCUT2D eigenvalue weighted by molar-refractivity contribution is -0.141. The van der Waals surface area contributed by atoms with Gasteiger partial charge in [-0.25, -0.2) is 17.2 Å². The average molecular weight is 451 g/mol. The van der Waals surface area contributed by atoms with Crippen LogP contribution in [0, 0.1) is 17.6 Å². The Hall–Kier alpha value is -2.50. The molecule has 0 bridgehead atoms. The molecular weight excluding hydrogens is 433 g/mol. The zero-order valence-electron chi connectivity index (χ0n) is 15.5. The zero-order chi connectivity index (χ0) is 22.1. The highest BCUT2D eigenvalue weighted by atomic mass is 32.2. The Kier molecular flexibility index (Phi) is 6.16. The summed E-state index contributed by atoms with van der Waals surface area (Å²) in [5, 5.41) is 5.10. The van der Waals surface area contributed by atoms with Crippen LogP contribution in [0.15, 0.2) is 24.3 Å². The molecule has 1 N–H and O–H groups in total. The fraction of sp³-hybridized carbons (Fsp3) is 0.444. The third kappa shape index (κ3) is 5.15. The molecule has 6 nitrogen and oxygen atoms in total. The number of aromatic nitrogens is 2. The first-order valence-electron chi connectivity index (χ1n) is 9.01. The van der Waals surface area contributed by atoms with Gasteiger partial charge < -0.3 is 4.90 Å². The topological polar surface area (TPSA) is 83.1 Å². The number of nitrogens with zero attached hydrogens (tertiary/aromatic N) is 2. The summed E-state index contributed by atoms with van der Waals surface area (Å²) in [6.07, 6.45) is -4.10. The number of H-pyrrole nitrogens is 1. The third-order valence-corrected chi connectivity index (χ3v) is 6.75. The van der Waals surface area contributed by atoms with Crippen molar-refractivity contribution >= 4 is 15.7 Å². The van der Waals surface area contributed by atoms with E-state index >= 15 is 0 Å². The van der Waals surface area contributed by atoms with Gasteiger partial charge in [0, 0.05) is 24.7 Å². The van der Waals surface area contributed by atoms with Crippen LogP contribution in [0.25, 0.3) is 0 Å². The molecule has 164 valence electrons. The Labute approximate surface area is 169 Å². The van der Waals surface area contributed by atoms with E-state index in [1.807, 2.05) is 5.10 Å². The van der Waals surface area contributed by atoms with Crippen molar-refractivity contribution in [2.24, 2.45) is 5.92 Å². The summed E-state index contributed by atoms with van der Waals surface area (Å²) in [6, 6.07) is 3.95. The molecule has 2 heterocycles. The molecule has 12 heteroatoms. The van der Waals surface area contributed by atoms with Crippen molar-refractivity contribution in [3.8, 4) is 0 Å². The summed E-state index contributed by atoms with van der Waals surface area (Å²) in [5.74, 6) is -3.43. The monoisotopic (exact) mass is 451 g/mol. The third-order valence-electron chi connectivity index (χ3n) is 4.91. The second kappa shape index (κ2) is 8.32. The molecule has 30 heavy (non-hydrogen) atoms. The number of rotatable bonds is 6. The SMILES string of the molecule is O=C(c1cc(C(F)(F)F)n[nH]1)N(CCC1CCS(=O)(=O)C1)Cc1cccc(F)c1F. The van der Waals surface area contributed by atoms with Crippen LogP contribution in [-0.4, -0.2) is 47.5 Å². The molecule has 1 aliphatic rings. The van der Waals surface area contributed by atoms with Crippen molar-refractivity contribution in [2.45, 2.75) is 25.6 Å². The number of hydrogen-bond acceptors (Lipinski definition) is 4. The van der Waals surface area contributed by atoms with Gasteiger partial charge >= 0.3 is 6.18 Å². The van der Waals surface area contributed by atoms with Crippen molar-refractivity contribution in [1.29, 1.82) is 0 Å². The van der Waals surface area contributed by atoms with Crippen LogP contribution in [0.4, 0.5) is 22.0 Å². The largest absolute Gasteiger partial charge is 0.435 e. The van der Waals surface area contributed by atoms with Gasteiger partial charge in [-0.1, -0.05) is 12.1 Å². The highest BCUT2D eigenvalue weighted by Gasteiger charge is 2.35. The van der Waals surface area contributed by atoms with Gasteiger partial charge in [0.15, 0.2) is 27.2 Å². The van der Waals surface area contributed by atoms with Crippen LogP contribution in [0.1, 0.15) is 34.6 Å². The summed E-state index contributed by atoms with van der Waals surface area (Å²) < 4.78 is 89.2. The lowest BCUT2D eigenvalue weighted by Crippen LogP contribution is -2.33. The summed E-state index contributed by atoms with van der Waals surface area (Å²) in [4.78, 5) is 13.8. The summed E-state index contributed by atoms with van der Waals surface area (Å²) >= 11 is 0. The summed E-state index contributed by atoms with van der Waals surface area (Å²) in [5.41, 5.74) is -1.90. The molecular formula is C18H18F5N3O3S. The van der Waals surface area contributed by atoms with E-state index in [0.717, 1.165) is 11.0 Å². The van der Waals surface area contributed by atoms with Gasteiger partial charge in [0.2, 0.25) is 0 Å². The van der Waals surface area contributed by atoms with E-state index in [1.165, 1.54) is 12.1 Å². The number of amides is 1. The molecule has 0 spiro atoms. The van der Waals surface area contributed by atoms with E-state index in [0.29, 0.717) is 12.5 Å². The molecule has 1 amide bonds. The predicted molar refractivity (Wildman–Crippen MR) is 96.1 cm³/mol. The molecule has 1 atom stereocenters. The van der Waals surface area contributed by atoms with E-state index < -0.39 is 51.5 Å². The van der Waals surface area contributed by atoms with Crippen LogP contribution >= 0.6 is 0 Å². The summed E-state index contributed by atoms with van der Waals surface area (Å²) in [7, 11) is -3.15. The van der Waals surface area contributed by atoms with Gasteiger partial charge in [-0.2, -0.15) is 18.3 Å². The molecule has 1 aliphatic heterocycles. The number of aromatic amines is 1. The second-order valence-electron chi connectivity index (χ2n) is 7.16. The van der Waals surface area contributed by atoms with Crippen molar-refractivity contribution in [3.63, 3.8) is 0 Å². The minimum Gasteiger partial charge on any atom is -0.333 e. The van der Waals surface area contributed by atoms with Gasteiger partial charge in [-0.15, -0.1) is 0 Å². The maximum absolute atomic E-state index is 14.1. The van der Waals surface area contributed by atoms with Crippen molar-refractivity contribution in [1.82, 2.24) is 15.1 Å². The van der Waals surface area contributed by atoms with Crippen LogP contribution in [-0.2, 0) is 22.6 Å². The first kappa shape index (κ1) is 22.2. The molecule has 1 fully saturated rings. The molecule has 2 aromatic rings. The van der Waals surface area contributed by atoms with Gasteiger partial charge in [0.25, 0.3) is 5.91 Å². The number of hydrogen-bond donors (Lipinski definition) is 1. The Morgan fingerprint density at radius 2 is 2.00 bits per heavy atom. The Bertz CT molecular complexity index is 1040. The molecule has 1 aromatic heterocycles. The lowest BCUT2D eigenvalue weighted by Gasteiger charge is -2.24. The van der Waals surface area contributed by atoms with Crippen LogP contribution < -0.4 is 0 Å². The van der Waals surface area contributed by atoms with E-state index in [-0.39, 0.29) is 36.0 Å². The molecule has 1 unspecified atom stereocenters. The van der Waals surface area contributed by atoms with Crippen LogP contribution in [0.3, 0.4) is 0 Å². The maximum atomic E-state index is 14.1. The molecule has 3 rings (SSSR count). The Morgan fingerprint density at radius 3 is 2.60 bits per heavy atom. The van der Waals surface area contributed by atoms with Crippen molar-refractivity contribution in [2.75, 3.05) is 18.1 Å². The van der Waals surface area contributed by atoms with E-state index in [2.05, 4.69) is 5.10 Å². The van der Waals surface area contributed by atoms with Gasteiger partial charge in [0.1, 0.15) is 5.69 Å². The number of halogens is 5. The highest BCUT2D eigenvalue weighted by Crippen LogP contribution is 2.28. The number of sulfone groups is 1. The van der Waals surface area contributed by atoms with E-state index in [9.17, 15) is 35.2 Å². The van der Waals surface area contributed by atoms with E-state index in [1.54, 1.807) is 0 Å².